The number of rotatable bonds is 5. The second kappa shape index (κ2) is 7.88. The molecule has 2 aromatic heterocycles. The molecular weight excluding hydrogens is 352 g/mol. The van der Waals surface area contributed by atoms with Gasteiger partial charge in [-0.3, -0.25) is 14.3 Å². The van der Waals surface area contributed by atoms with Crippen LogP contribution < -0.4 is 5.56 Å². The van der Waals surface area contributed by atoms with Crippen molar-refractivity contribution in [1.82, 2.24) is 24.0 Å². The molecule has 0 N–H and O–H groups in total. The van der Waals surface area contributed by atoms with Gasteiger partial charge in [0.05, 0.1) is 12.9 Å². The van der Waals surface area contributed by atoms with E-state index in [1.54, 1.807) is 0 Å². The lowest BCUT2D eigenvalue weighted by Crippen LogP contribution is -2.36. The molecule has 6 nitrogen and oxygen atoms in total. The zero-order valence-corrected chi connectivity index (χ0v) is 15.4. The summed E-state index contributed by atoms with van der Waals surface area (Å²) in [6.45, 7) is 4.42. The van der Waals surface area contributed by atoms with Crippen molar-refractivity contribution in [2.24, 2.45) is 5.92 Å². The summed E-state index contributed by atoms with van der Waals surface area (Å²) in [5.41, 5.74) is 0.506. The summed E-state index contributed by atoms with van der Waals surface area (Å²) in [5.74, 6) is 1.53. The molecule has 0 aromatic carbocycles. The first-order valence-electron chi connectivity index (χ1n) is 9.70. The molecule has 0 atom stereocenters. The van der Waals surface area contributed by atoms with Crippen LogP contribution in [0.2, 0.25) is 0 Å². The highest BCUT2D eigenvalue weighted by Crippen LogP contribution is 2.22. The largest absolute Gasteiger partial charge is 0.331 e. The third-order valence-electron chi connectivity index (χ3n) is 5.74. The van der Waals surface area contributed by atoms with Gasteiger partial charge in [-0.15, -0.1) is 0 Å². The van der Waals surface area contributed by atoms with Gasteiger partial charge in [-0.2, -0.15) is 0 Å². The molecule has 0 radical (unpaired) electrons. The summed E-state index contributed by atoms with van der Waals surface area (Å²) < 4.78 is 29.1. The zero-order valence-electron chi connectivity index (χ0n) is 15.4. The third-order valence-corrected chi connectivity index (χ3v) is 5.74. The normalized spacial score (nSPS) is 18.8. The fourth-order valence-corrected chi connectivity index (χ4v) is 4.13. The molecule has 0 bridgehead atoms. The second-order valence-corrected chi connectivity index (χ2v) is 7.60. The second-order valence-electron chi connectivity index (χ2n) is 7.60. The molecule has 1 fully saturated rings. The van der Waals surface area contributed by atoms with Crippen molar-refractivity contribution in [3.05, 3.63) is 46.2 Å². The SMILES string of the molecule is O=c1cc(C(F)F)ncn1CC1CCN(Cc2ncc3n2CCCC3)CC1. The fourth-order valence-electron chi connectivity index (χ4n) is 4.13. The number of hydrogen-bond donors (Lipinski definition) is 0. The Hall–Kier alpha value is -2.09. The number of halogens is 2. The molecule has 2 aromatic rings. The molecule has 0 saturated carbocycles. The molecule has 0 spiro atoms. The van der Waals surface area contributed by atoms with Crippen LogP contribution in [-0.4, -0.2) is 37.1 Å². The molecule has 4 heterocycles. The molecule has 0 unspecified atom stereocenters. The fraction of sp³-hybridized carbons (Fsp3) is 0.632. The van der Waals surface area contributed by atoms with Gasteiger partial charge in [0.2, 0.25) is 0 Å². The Balaban J connectivity index is 1.32. The van der Waals surface area contributed by atoms with E-state index in [0.29, 0.717) is 12.5 Å². The average Bonchev–Trinajstić information content (AvgIpc) is 3.08. The lowest BCUT2D eigenvalue weighted by atomic mass is 9.96. The number of aromatic nitrogens is 4. The number of nitrogens with zero attached hydrogens (tertiary/aromatic N) is 5. The maximum Gasteiger partial charge on any atom is 0.280 e. The van der Waals surface area contributed by atoms with Gasteiger partial charge in [-0.1, -0.05) is 0 Å². The van der Waals surface area contributed by atoms with E-state index in [1.165, 1.54) is 29.4 Å². The molecule has 0 amide bonds. The Bertz CT molecular complexity index is 839. The summed E-state index contributed by atoms with van der Waals surface area (Å²) in [5, 5.41) is 0. The minimum Gasteiger partial charge on any atom is -0.331 e. The summed E-state index contributed by atoms with van der Waals surface area (Å²) in [4.78, 5) is 22.7. The van der Waals surface area contributed by atoms with Crippen molar-refractivity contribution < 1.29 is 8.78 Å². The van der Waals surface area contributed by atoms with E-state index >= 15 is 0 Å². The average molecular weight is 377 g/mol. The van der Waals surface area contributed by atoms with E-state index in [9.17, 15) is 13.6 Å². The van der Waals surface area contributed by atoms with Crippen molar-refractivity contribution in [2.45, 2.75) is 58.2 Å². The molecule has 1 saturated heterocycles. The summed E-state index contributed by atoms with van der Waals surface area (Å²) in [7, 11) is 0. The molecule has 146 valence electrons. The predicted molar refractivity (Wildman–Crippen MR) is 96.6 cm³/mol. The standard InChI is InChI=1S/C19H25F2N5O/c20-19(21)16-9-18(27)25(13-23-16)11-14-4-7-24(8-5-14)12-17-22-10-15-3-1-2-6-26(15)17/h9-10,13-14,19H,1-8,11-12H2. The van der Waals surface area contributed by atoms with Gasteiger partial charge < -0.3 is 4.57 Å². The number of piperidine rings is 1. The highest BCUT2D eigenvalue weighted by atomic mass is 19.3. The first kappa shape index (κ1) is 18.3. The van der Waals surface area contributed by atoms with E-state index in [-0.39, 0.29) is 0 Å². The molecule has 2 aliphatic rings. The first-order valence-corrected chi connectivity index (χ1v) is 9.70. The summed E-state index contributed by atoms with van der Waals surface area (Å²) >= 11 is 0. The van der Waals surface area contributed by atoms with Gasteiger partial charge in [0.25, 0.3) is 12.0 Å². The number of likely N-dealkylation sites (tertiary alicyclic amines) is 1. The topological polar surface area (TPSA) is 56.0 Å². The van der Waals surface area contributed by atoms with Gasteiger partial charge in [0, 0.05) is 31.0 Å². The summed E-state index contributed by atoms with van der Waals surface area (Å²) in [6.07, 6.45) is 6.14. The maximum absolute atomic E-state index is 12.6. The van der Waals surface area contributed by atoms with Crippen LogP contribution in [0.4, 0.5) is 8.78 Å². The van der Waals surface area contributed by atoms with Gasteiger partial charge in [-0.25, -0.2) is 18.7 Å². The van der Waals surface area contributed by atoms with E-state index in [2.05, 4.69) is 19.4 Å². The van der Waals surface area contributed by atoms with Gasteiger partial charge in [-0.05, 0) is 51.1 Å². The first-order chi connectivity index (χ1) is 13.1. The predicted octanol–water partition coefficient (Wildman–Crippen LogP) is 2.63. The van der Waals surface area contributed by atoms with Crippen molar-refractivity contribution in [2.75, 3.05) is 13.1 Å². The van der Waals surface area contributed by atoms with Crippen LogP contribution in [0.1, 0.15) is 49.3 Å². The molecule has 27 heavy (non-hydrogen) atoms. The van der Waals surface area contributed by atoms with Crippen molar-refractivity contribution >= 4 is 0 Å². The van der Waals surface area contributed by atoms with Gasteiger partial charge in [0.1, 0.15) is 11.5 Å². The zero-order chi connectivity index (χ0) is 18.8. The Morgan fingerprint density at radius 3 is 2.70 bits per heavy atom. The number of imidazole rings is 1. The molecular formula is C19H25F2N5O. The van der Waals surface area contributed by atoms with Crippen molar-refractivity contribution in [1.29, 1.82) is 0 Å². The van der Waals surface area contributed by atoms with E-state index in [4.69, 9.17) is 0 Å². The van der Waals surface area contributed by atoms with Crippen LogP contribution >= 0.6 is 0 Å². The smallest absolute Gasteiger partial charge is 0.280 e. The van der Waals surface area contributed by atoms with Crippen LogP contribution in [0.25, 0.3) is 0 Å². The Morgan fingerprint density at radius 2 is 1.96 bits per heavy atom. The number of aryl methyl sites for hydroxylation is 1. The maximum atomic E-state index is 12.6. The van der Waals surface area contributed by atoms with Crippen LogP contribution in [0.3, 0.4) is 0 Å². The minimum absolute atomic E-state index is 0.368. The Labute approximate surface area is 156 Å². The lowest BCUT2D eigenvalue weighted by Gasteiger charge is -2.32. The van der Waals surface area contributed by atoms with Crippen LogP contribution in [0, 0.1) is 5.92 Å². The molecule has 4 rings (SSSR count). The van der Waals surface area contributed by atoms with Crippen molar-refractivity contribution in [3.63, 3.8) is 0 Å². The number of fused-ring (bicyclic) bond motifs is 1. The van der Waals surface area contributed by atoms with Crippen LogP contribution in [0.5, 0.6) is 0 Å². The van der Waals surface area contributed by atoms with Crippen LogP contribution in [0.15, 0.2) is 23.4 Å². The van der Waals surface area contributed by atoms with E-state index < -0.39 is 17.7 Å². The van der Waals surface area contributed by atoms with Crippen molar-refractivity contribution in [3.8, 4) is 0 Å². The molecule has 2 aliphatic heterocycles. The van der Waals surface area contributed by atoms with Crippen LogP contribution in [-0.2, 0) is 26.1 Å². The van der Waals surface area contributed by atoms with E-state index in [0.717, 1.165) is 57.3 Å². The quantitative estimate of drug-likeness (QED) is 0.804. The molecule has 0 aliphatic carbocycles. The van der Waals surface area contributed by atoms with E-state index in [1.807, 2.05) is 6.20 Å². The summed E-state index contributed by atoms with van der Waals surface area (Å²) in [6, 6.07) is 0.946. The third kappa shape index (κ3) is 4.10. The highest BCUT2D eigenvalue weighted by molar-refractivity contribution is 5.08. The highest BCUT2D eigenvalue weighted by Gasteiger charge is 2.23. The van der Waals surface area contributed by atoms with Gasteiger partial charge in [0.15, 0.2) is 0 Å². The monoisotopic (exact) mass is 377 g/mol. The molecule has 8 heteroatoms. The minimum atomic E-state index is -2.70. The lowest BCUT2D eigenvalue weighted by molar-refractivity contribution is 0.144. The number of alkyl halides is 2. The van der Waals surface area contributed by atoms with Gasteiger partial charge >= 0.3 is 0 Å². The Kier molecular flexibility index (Phi) is 5.33. The number of hydrogen-bond acceptors (Lipinski definition) is 4. The Morgan fingerprint density at radius 1 is 1.15 bits per heavy atom.